The normalized spacial score (nSPS) is 18.0. The second-order valence-corrected chi connectivity index (χ2v) is 9.12. The second kappa shape index (κ2) is 10.2. The fourth-order valence-electron chi connectivity index (χ4n) is 4.47. The summed E-state index contributed by atoms with van der Waals surface area (Å²) in [6.07, 6.45) is 13.1. The lowest BCUT2D eigenvalue weighted by Crippen LogP contribution is -2.51. The first-order chi connectivity index (χ1) is 15.1. The van der Waals surface area contributed by atoms with Gasteiger partial charge in [-0.2, -0.15) is 0 Å². The number of rotatable bonds is 5. The van der Waals surface area contributed by atoms with Crippen LogP contribution in [0.15, 0.2) is 41.8 Å². The maximum absolute atomic E-state index is 12.9. The first kappa shape index (κ1) is 21.7. The summed E-state index contributed by atoms with van der Waals surface area (Å²) in [5, 5.41) is 7.13. The van der Waals surface area contributed by atoms with Crippen LogP contribution in [-0.2, 0) is 0 Å². The molecule has 2 fully saturated rings. The number of urea groups is 1. The second-order valence-electron chi connectivity index (χ2n) is 8.35. The summed E-state index contributed by atoms with van der Waals surface area (Å²) in [5.41, 5.74) is 1.68. The number of thioether (sulfide) groups is 1. The van der Waals surface area contributed by atoms with Crippen molar-refractivity contribution in [1.29, 1.82) is 0 Å². The predicted molar refractivity (Wildman–Crippen MR) is 123 cm³/mol. The van der Waals surface area contributed by atoms with E-state index in [4.69, 9.17) is 0 Å². The molecule has 8 heteroatoms. The molecule has 2 aliphatic rings. The Balaban J connectivity index is 1.26. The Morgan fingerprint density at radius 1 is 0.968 bits per heavy atom. The van der Waals surface area contributed by atoms with Crippen LogP contribution in [0.4, 0.5) is 4.79 Å². The van der Waals surface area contributed by atoms with E-state index >= 15 is 0 Å². The summed E-state index contributed by atoms with van der Waals surface area (Å²) < 4.78 is 2.01. The topological polar surface area (TPSA) is 79.3 Å². The summed E-state index contributed by atoms with van der Waals surface area (Å²) in [7, 11) is 0. The van der Waals surface area contributed by atoms with Crippen LogP contribution in [0.3, 0.4) is 0 Å². The third kappa shape index (κ3) is 5.42. The Bertz CT molecular complexity index is 884. The lowest BCUT2D eigenvalue weighted by atomic mass is 9.96. The SMILES string of the molecule is CSc1nccn1-c1ccc(C(=O)N2CCC(NC(=O)NC3CCCCC3)CC2)cc1. The Labute approximate surface area is 188 Å². The monoisotopic (exact) mass is 441 g/mol. The van der Waals surface area contributed by atoms with Gasteiger partial charge in [-0.25, -0.2) is 9.78 Å². The molecule has 1 aliphatic heterocycles. The van der Waals surface area contributed by atoms with E-state index in [2.05, 4.69) is 15.6 Å². The number of likely N-dealkylation sites (tertiary alicyclic amines) is 1. The smallest absolute Gasteiger partial charge is 0.315 e. The standard InChI is InChI=1S/C23H31N5O2S/c1-31-23-24-13-16-28(23)20-9-7-17(8-10-20)21(29)27-14-11-19(12-15-27)26-22(30)25-18-5-3-2-4-6-18/h7-10,13,16,18-19H,2-6,11-12,14-15H2,1H3,(H2,25,26,30). The Morgan fingerprint density at radius 2 is 1.61 bits per heavy atom. The van der Waals surface area contributed by atoms with Crippen molar-refractivity contribution in [3.8, 4) is 5.69 Å². The Kier molecular flexibility index (Phi) is 7.17. The van der Waals surface area contributed by atoms with E-state index in [1.165, 1.54) is 19.3 Å². The first-order valence-electron chi connectivity index (χ1n) is 11.2. The molecule has 166 valence electrons. The van der Waals surface area contributed by atoms with Crippen LogP contribution >= 0.6 is 11.8 Å². The number of piperidine rings is 1. The third-order valence-electron chi connectivity index (χ3n) is 6.24. The van der Waals surface area contributed by atoms with Gasteiger partial charge >= 0.3 is 6.03 Å². The van der Waals surface area contributed by atoms with Crippen molar-refractivity contribution in [3.05, 3.63) is 42.2 Å². The van der Waals surface area contributed by atoms with Gasteiger partial charge in [-0.1, -0.05) is 31.0 Å². The zero-order valence-electron chi connectivity index (χ0n) is 18.0. The molecule has 0 radical (unpaired) electrons. The molecule has 0 unspecified atom stereocenters. The van der Waals surface area contributed by atoms with E-state index in [1.54, 1.807) is 18.0 Å². The lowest BCUT2D eigenvalue weighted by Gasteiger charge is -2.33. The first-order valence-corrected chi connectivity index (χ1v) is 12.4. The van der Waals surface area contributed by atoms with Crippen LogP contribution < -0.4 is 10.6 Å². The van der Waals surface area contributed by atoms with Crippen LogP contribution in [0, 0.1) is 0 Å². The summed E-state index contributed by atoms with van der Waals surface area (Å²) in [6.45, 7) is 1.32. The number of aromatic nitrogens is 2. The molecule has 1 saturated heterocycles. The Hall–Kier alpha value is -2.48. The minimum absolute atomic E-state index is 0.0485. The molecular weight excluding hydrogens is 410 g/mol. The van der Waals surface area contributed by atoms with Gasteiger partial charge in [-0.05, 0) is 56.2 Å². The van der Waals surface area contributed by atoms with E-state index in [0.29, 0.717) is 24.7 Å². The molecule has 1 saturated carbocycles. The molecular formula is C23H31N5O2S. The molecule has 0 atom stereocenters. The number of hydrogen-bond donors (Lipinski definition) is 2. The Morgan fingerprint density at radius 3 is 2.26 bits per heavy atom. The molecule has 2 heterocycles. The van der Waals surface area contributed by atoms with Crippen molar-refractivity contribution in [1.82, 2.24) is 25.1 Å². The highest BCUT2D eigenvalue weighted by Gasteiger charge is 2.25. The van der Waals surface area contributed by atoms with Gasteiger partial charge in [0.2, 0.25) is 0 Å². The quantitative estimate of drug-likeness (QED) is 0.691. The number of amides is 3. The number of hydrogen-bond acceptors (Lipinski definition) is 4. The highest BCUT2D eigenvalue weighted by atomic mass is 32.2. The molecule has 4 rings (SSSR count). The number of imidazole rings is 1. The minimum atomic E-state index is -0.0589. The van der Waals surface area contributed by atoms with Gasteiger partial charge in [-0.3, -0.25) is 9.36 Å². The van der Waals surface area contributed by atoms with Crippen LogP contribution in [0.2, 0.25) is 0 Å². The molecule has 3 amide bonds. The maximum Gasteiger partial charge on any atom is 0.315 e. The van der Waals surface area contributed by atoms with Crippen molar-refractivity contribution in [3.63, 3.8) is 0 Å². The number of nitrogens with zero attached hydrogens (tertiary/aromatic N) is 3. The highest BCUT2D eigenvalue weighted by molar-refractivity contribution is 7.98. The van der Waals surface area contributed by atoms with Gasteiger partial charge in [-0.15, -0.1) is 0 Å². The van der Waals surface area contributed by atoms with Gasteiger partial charge in [0.15, 0.2) is 5.16 Å². The van der Waals surface area contributed by atoms with Crippen LogP contribution in [0.1, 0.15) is 55.3 Å². The molecule has 1 aromatic heterocycles. The van der Waals surface area contributed by atoms with Crippen LogP contribution in [-0.4, -0.2) is 57.8 Å². The zero-order chi connectivity index (χ0) is 21.6. The number of carbonyl (C=O) groups is 2. The summed E-state index contributed by atoms with van der Waals surface area (Å²) in [5.74, 6) is 0.0485. The van der Waals surface area contributed by atoms with Gasteiger partial charge in [0, 0.05) is 48.8 Å². The van der Waals surface area contributed by atoms with Crippen molar-refractivity contribution >= 4 is 23.7 Å². The molecule has 1 aliphatic carbocycles. The minimum Gasteiger partial charge on any atom is -0.338 e. The molecule has 0 spiro atoms. The van der Waals surface area contributed by atoms with Gasteiger partial charge < -0.3 is 15.5 Å². The molecule has 0 bridgehead atoms. The van der Waals surface area contributed by atoms with Crippen molar-refractivity contribution in [2.75, 3.05) is 19.3 Å². The van der Waals surface area contributed by atoms with Crippen molar-refractivity contribution < 1.29 is 9.59 Å². The molecule has 1 aromatic carbocycles. The summed E-state index contributed by atoms with van der Waals surface area (Å²) in [6, 6.07) is 8.05. The van der Waals surface area contributed by atoms with Gasteiger partial charge in [0.25, 0.3) is 5.91 Å². The predicted octanol–water partition coefficient (Wildman–Crippen LogP) is 3.83. The van der Waals surface area contributed by atoms with E-state index < -0.39 is 0 Å². The van der Waals surface area contributed by atoms with Crippen LogP contribution in [0.5, 0.6) is 0 Å². The van der Waals surface area contributed by atoms with Crippen molar-refractivity contribution in [2.24, 2.45) is 0 Å². The number of carbonyl (C=O) groups excluding carboxylic acids is 2. The van der Waals surface area contributed by atoms with Crippen molar-refractivity contribution in [2.45, 2.75) is 62.2 Å². The van der Waals surface area contributed by atoms with E-state index in [9.17, 15) is 9.59 Å². The fourth-order valence-corrected chi connectivity index (χ4v) is 5.00. The number of nitrogens with one attached hydrogen (secondary N) is 2. The zero-order valence-corrected chi connectivity index (χ0v) is 18.9. The average molecular weight is 442 g/mol. The summed E-state index contributed by atoms with van der Waals surface area (Å²) >= 11 is 1.59. The third-order valence-corrected chi connectivity index (χ3v) is 6.91. The molecule has 7 nitrogen and oxygen atoms in total. The summed E-state index contributed by atoms with van der Waals surface area (Å²) in [4.78, 5) is 31.4. The highest BCUT2D eigenvalue weighted by Crippen LogP contribution is 2.20. The van der Waals surface area contributed by atoms with Gasteiger partial charge in [0.1, 0.15) is 0 Å². The van der Waals surface area contributed by atoms with Crippen LogP contribution in [0.25, 0.3) is 5.69 Å². The van der Waals surface area contributed by atoms with Gasteiger partial charge in [0.05, 0.1) is 0 Å². The average Bonchev–Trinajstić information content (AvgIpc) is 3.29. The largest absolute Gasteiger partial charge is 0.338 e. The van der Waals surface area contributed by atoms with E-state index in [-0.39, 0.29) is 18.0 Å². The van der Waals surface area contributed by atoms with E-state index in [0.717, 1.165) is 36.5 Å². The number of benzene rings is 1. The maximum atomic E-state index is 12.9. The molecule has 2 N–H and O–H groups in total. The molecule has 2 aromatic rings. The lowest BCUT2D eigenvalue weighted by molar-refractivity contribution is 0.0708. The molecule has 31 heavy (non-hydrogen) atoms. The van der Waals surface area contributed by atoms with E-state index in [1.807, 2.05) is 46.2 Å². The fraction of sp³-hybridized carbons (Fsp3) is 0.522.